The number of benzene rings is 3. The molecule has 5 rings (SSSR count). The summed E-state index contributed by atoms with van der Waals surface area (Å²) in [6.45, 7) is 4.29. The number of non-ortho nitro benzene ring substituents is 1. The van der Waals surface area contributed by atoms with Crippen molar-refractivity contribution in [2.24, 2.45) is 5.92 Å². The Labute approximate surface area is 200 Å². The van der Waals surface area contributed by atoms with Crippen LogP contribution in [0.1, 0.15) is 35.6 Å². The fraction of sp³-hybridized carbons (Fsp3) is 0.333. The van der Waals surface area contributed by atoms with Crippen LogP contribution in [0.4, 0.5) is 5.69 Å². The van der Waals surface area contributed by atoms with Crippen molar-refractivity contribution in [2.75, 3.05) is 13.1 Å². The molecule has 3 atom stereocenters. The molecule has 1 N–H and O–H groups in total. The molecule has 2 bridgehead atoms. The predicted octanol–water partition coefficient (Wildman–Crippen LogP) is 5.52. The lowest BCUT2D eigenvalue weighted by atomic mass is 9.55. The molecule has 1 aliphatic carbocycles. The minimum absolute atomic E-state index is 0. The molecule has 0 amide bonds. The van der Waals surface area contributed by atoms with Gasteiger partial charge in [0.1, 0.15) is 5.75 Å². The van der Waals surface area contributed by atoms with E-state index in [4.69, 9.17) is 0 Å². The minimum atomic E-state index is -0.351. The average molecular weight is 465 g/mol. The number of nitrogens with zero attached hydrogens (tertiary/aromatic N) is 2. The first-order chi connectivity index (χ1) is 15.5. The third-order valence-corrected chi connectivity index (χ3v) is 7.74. The fourth-order valence-electron chi connectivity index (χ4n) is 6.06. The summed E-state index contributed by atoms with van der Waals surface area (Å²) in [5, 5.41) is 21.2. The van der Waals surface area contributed by atoms with Crippen LogP contribution < -0.4 is 0 Å². The molecular formula is C27H29ClN2O3. The largest absolute Gasteiger partial charge is 0.508 e. The van der Waals surface area contributed by atoms with Crippen LogP contribution in [0.15, 0.2) is 72.8 Å². The van der Waals surface area contributed by atoms with Crippen molar-refractivity contribution in [1.29, 1.82) is 0 Å². The lowest BCUT2D eigenvalue weighted by Gasteiger charge is -2.56. The van der Waals surface area contributed by atoms with E-state index in [0.29, 0.717) is 17.7 Å². The zero-order valence-corrected chi connectivity index (χ0v) is 19.5. The first kappa shape index (κ1) is 23.3. The van der Waals surface area contributed by atoms with Gasteiger partial charge in [0.15, 0.2) is 0 Å². The summed E-state index contributed by atoms with van der Waals surface area (Å²) in [4.78, 5) is 13.2. The Bertz CT molecular complexity index is 1140. The van der Waals surface area contributed by atoms with E-state index in [2.05, 4.69) is 48.2 Å². The number of nitro benzene ring substituents is 1. The molecule has 0 saturated carbocycles. The van der Waals surface area contributed by atoms with E-state index in [1.807, 2.05) is 24.3 Å². The number of nitro groups is 1. The predicted molar refractivity (Wildman–Crippen MR) is 132 cm³/mol. The Balaban J connectivity index is 0.00000259. The van der Waals surface area contributed by atoms with Crippen molar-refractivity contribution in [3.63, 3.8) is 0 Å². The highest BCUT2D eigenvalue weighted by atomic mass is 35.5. The molecule has 3 aromatic carbocycles. The van der Waals surface area contributed by atoms with Crippen LogP contribution in [-0.4, -0.2) is 34.1 Å². The Morgan fingerprint density at radius 1 is 1.09 bits per heavy atom. The molecule has 5 nitrogen and oxygen atoms in total. The second-order valence-electron chi connectivity index (χ2n) is 9.20. The number of hydrogen-bond donors (Lipinski definition) is 1. The van der Waals surface area contributed by atoms with Gasteiger partial charge in [-0.3, -0.25) is 15.0 Å². The molecule has 2 aliphatic rings. The molecule has 0 aromatic heterocycles. The van der Waals surface area contributed by atoms with E-state index in [-0.39, 0.29) is 28.4 Å². The Kier molecular flexibility index (Phi) is 6.46. The van der Waals surface area contributed by atoms with E-state index in [1.54, 1.807) is 12.1 Å². The van der Waals surface area contributed by atoms with E-state index >= 15 is 0 Å². The first-order valence-corrected chi connectivity index (χ1v) is 11.3. The Morgan fingerprint density at radius 3 is 2.52 bits per heavy atom. The highest BCUT2D eigenvalue weighted by Gasteiger charge is 2.52. The van der Waals surface area contributed by atoms with Crippen molar-refractivity contribution < 1.29 is 10.0 Å². The van der Waals surface area contributed by atoms with Crippen LogP contribution in [0.3, 0.4) is 0 Å². The highest BCUT2D eigenvalue weighted by molar-refractivity contribution is 5.85. The number of hydrogen-bond acceptors (Lipinski definition) is 4. The second-order valence-corrected chi connectivity index (χ2v) is 9.20. The molecule has 1 fully saturated rings. The normalized spacial score (nSPS) is 23.9. The number of likely N-dealkylation sites (tertiary alicyclic amines) is 1. The van der Waals surface area contributed by atoms with Gasteiger partial charge in [0, 0.05) is 30.1 Å². The van der Waals surface area contributed by atoms with Gasteiger partial charge >= 0.3 is 0 Å². The molecule has 1 aliphatic heterocycles. The van der Waals surface area contributed by atoms with Gasteiger partial charge in [0.05, 0.1) is 4.92 Å². The third-order valence-electron chi connectivity index (χ3n) is 7.74. The summed E-state index contributed by atoms with van der Waals surface area (Å²) in [6.07, 6.45) is 2.86. The van der Waals surface area contributed by atoms with Crippen LogP contribution in [0.5, 0.6) is 5.75 Å². The van der Waals surface area contributed by atoms with Crippen LogP contribution >= 0.6 is 12.4 Å². The molecule has 6 heteroatoms. The van der Waals surface area contributed by atoms with E-state index in [0.717, 1.165) is 37.9 Å². The monoisotopic (exact) mass is 464 g/mol. The number of piperidine rings is 1. The zero-order chi connectivity index (χ0) is 22.3. The number of phenolic OH excluding ortho intramolecular Hbond substituents is 1. The summed E-state index contributed by atoms with van der Waals surface area (Å²) < 4.78 is 0. The van der Waals surface area contributed by atoms with Crippen LogP contribution in [0.25, 0.3) is 0 Å². The van der Waals surface area contributed by atoms with Gasteiger partial charge in [-0.15, -0.1) is 12.4 Å². The Hall–Kier alpha value is -2.89. The zero-order valence-electron chi connectivity index (χ0n) is 18.7. The average Bonchev–Trinajstić information content (AvgIpc) is 2.80. The van der Waals surface area contributed by atoms with E-state index < -0.39 is 0 Å². The van der Waals surface area contributed by atoms with Crippen molar-refractivity contribution in [1.82, 2.24) is 4.90 Å². The molecule has 33 heavy (non-hydrogen) atoms. The van der Waals surface area contributed by atoms with Gasteiger partial charge in [0.25, 0.3) is 5.69 Å². The number of aromatic hydroxyl groups is 1. The molecule has 3 aromatic rings. The lowest BCUT2D eigenvalue weighted by Crippen LogP contribution is -2.59. The molecule has 3 unspecified atom stereocenters. The smallest absolute Gasteiger partial charge is 0.269 e. The van der Waals surface area contributed by atoms with Crippen molar-refractivity contribution in [3.8, 4) is 5.75 Å². The number of fused-ring (bicyclic) bond motifs is 4. The molecule has 0 radical (unpaired) electrons. The number of rotatable bonds is 5. The SMILES string of the molecule is CC1C2Cc3ccc(O)cc3C1(c1ccccc1)CCN2CCc1ccc([N+](=O)[O-])cc1.Cl. The summed E-state index contributed by atoms with van der Waals surface area (Å²) >= 11 is 0. The van der Waals surface area contributed by atoms with E-state index in [1.165, 1.54) is 16.7 Å². The number of phenols is 1. The van der Waals surface area contributed by atoms with Gasteiger partial charge in [-0.1, -0.05) is 55.5 Å². The van der Waals surface area contributed by atoms with Gasteiger partial charge in [0.2, 0.25) is 0 Å². The van der Waals surface area contributed by atoms with E-state index in [9.17, 15) is 15.2 Å². The maximum absolute atomic E-state index is 10.9. The maximum Gasteiger partial charge on any atom is 0.269 e. The molecule has 0 spiro atoms. The maximum atomic E-state index is 10.9. The van der Waals surface area contributed by atoms with Gasteiger partial charge < -0.3 is 5.11 Å². The van der Waals surface area contributed by atoms with Crippen molar-refractivity contribution in [3.05, 3.63) is 105 Å². The van der Waals surface area contributed by atoms with Gasteiger partial charge in [-0.25, -0.2) is 0 Å². The fourth-order valence-corrected chi connectivity index (χ4v) is 6.06. The highest BCUT2D eigenvalue weighted by Crippen LogP contribution is 2.53. The lowest BCUT2D eigenvalue weighted by molar-refractivity contribution is -0.384. The van der Waals surface area contributed by atoms with Crippen molar-refractivity contribution >= 4 is 18.1 Å². The van der Waals surface area contributed by atoms with Crippen molar-refractivity contribution in [2.45, 2.75) is 37.6 Å². The number of halogens is 1. The third kappa shape index (κ3) is 4.00. The quantitative estimate of drug-likeness (QED) is 0.399. The first-order valence-electron chi connectivity index (χ1n) is 11.3. The van der Waals surface area contributed by atoms with Crippen LogP contribution in [0, 0.1) is 16.0 Å². The molecule has 1 heterocycles. The minimum Gasteiger partial charge on any atom is -0.508 e. The standard InChI is InChI=1S/C27H28N2O3.ClH/c1-19-26-17-21-9-12-24(30)18-25(21)27(19,22-5-3-2-4-6-22)14-16-28(26)15-13-20-7-10-23(11-8-20)29(31)32;/h2-12,18-19,26,30H,13-17H2,1H3;1H. The van der Waals surface area contributed by atoms with Gasteiger partial charge in [-0.2, -0.15) is 0 Å². The molecule has 1 saturated heterocycles. The summed E-state index contributed by atoms with van der Waals surface area (Å²) in [5.41, 5.74) is 5.11. The summed E-state index contributed by atoms with van der Waals surface area (Å²) in [6, 6.07) is 24.0. The summed E-state index contributed by atoms with van der Waals surface area (Å²) in [7, 11) is 0. The second kappa shape index (κ2) is 9.16. The summed E-state index contributed by atoms with van der Waals surface area (Å²) in [5.74, 6) is 0.745. The van der Waals surface area contributed by atoms with Crippen LogP contribution in [0.2, 0.25) is 0 Å². The van der Waals surface area contributed by atoms with Crippen LogP contribution in [-0.2, 0) is 18.3 Å². The molecular weight excluding hydrogens is 436 g/mol. The molecule has 172 valence electrons. The Morgan fingerprint density at radius 2 is 1.82 bits per heavy atom. The van der Waals surface area contributed by atoms with Gasteiger partial charge in [-0.05, 0) is 66.1 Å². The topological polar surface area (TPSA) is 66.6 Å².